The largest absolute Gasteiger partial charge is 0.465 e. The number of nitrogens with zero attached hydrogens (tertiary/aromatic N) is 1. The van der Waals surface area contributed by atoms with Crippen LogP contribution in [0, 0.1) is 13.8 Å². The van der Waals surface area contributed by atoms with Crippen LogP contribution in [0.25, 0.3) is 0 Å². The first-order valence-corrected chi connectivity index (χ1v) is 8.44. The maximum absolute atomic E-state index is 12.2. The van der Waals surface area contributed by atoms with Gasteiger partial charge in [0.15, 0.2) is 6.61 Å². The molecule has 0 fully saturated rings. The molecule has 26 heavy (non-hydrogen) atoms. The van der Waals surface area contributed by atoms with Crippen LogP contribution in [0.15, 0.2) is 18.2 Å². The number of anilines is 2. The normalized spacial score (nSPS) is 10.2. The highest BCUT2D eigenvalue weighted by Gasteiger charge is 2.20. The Hall–Kier alpha value is -2.94. The second kappa shape index (κ2) is 8.43. The summed E-state index contributed by atoms with van der Waals surface area (Å²) in [5.74, 6) is -1.65. The van der Waals surface area contributed by atoms with Crippen LogP contribution in [0.3, 0.4) is 0 Å². The molecule has 8 nitrogen and oxygen atoms in total. The van der Waals surface area contributed by atoms with E-state index in [-0.39, 0.29) is 0 Å². The molecule has 0 bridgehead atoms. The van der Waals surface area contributed by atoms with Gasteiger partial charge in [0.25, 0.3) is 5.91 Å². The van der Waals surface area contributed by atoms with Crippen molar-refractivity contribution >= 4 is 40.1 Å². The molecule has 1 aromatic carbocycles. The summed E-state index contributed by atoms with van der Waals surface area (Å²) in [6.45, 7) is 3.01. The molecule has 0 aliphatic carbocycles. The Morgan fingerprint density at radius 2 is 1.92 bits per heavy atom. The Labute approximate surface area is 154 Å². The lowest BCUT2D eigenvalue weighted by Gasteiger charge is -2.10. The van der Waals surface area contributed by atoms with E-state index >= 15 is 0 Å². The number of methoxy groups -OCH3 is 1. The van der Waals surface area contributed by atoms with Crippen LogP contribution >= 0.6 is 11.5 Å². The molecule has 1 heterocycles. The molecule has 0 aliphatic rings. The average Bonchev–Trinajstić information content (AvgIpc) is 3.01. The van der Waals surface area contributed by atoms with Crippen molar-refractivity contribution in [2.24, 2.45) is 0 Å². The van der Waals surface area contributed by atoms with Crippen molar-refractivity contribution in [1.29, 1.82) is 0 Å². The lowest BCUT2D eigenvalue weighted by Crippen LogP contribution is -2.22. The molecule has 2 rings (SSSR count). The van der Waals surface area contributed by atoms with E-state index in [2.05, 4.69) is 19.7 Å². The third-order valence-electron chi connectivity index (χ3n) is 3.56. The second-order valence-corrected chi connectivity index (χ2v) is 6.14. The van der Waals surface area contributed by atoms with Crippen molar-refractivity contribution in [3.63, 3.8) is 0 Å². The molecule has 0 spiro atoms. The Morgan fingerprint density at radius 1 is 1.19 bits per heavy atom. The summed E-state index contributed by atoms with van der Waals surface area (Å²) in [4.78, 5) is 35.9. The summed E-state index contributed by atoms with van der Waals surface area (Å²) in [5.41, 5.74) is 2.36. The quantitative estimate of drug-likeness (QED) is 0.744. The lowest BCUT2D eigenvalue weighted by molar-refractivity contribution is -0.119. The lowest BCUT2D eigenvalue weighted by atomic mass is 10.1. The highest BCUT2D eigenvalue weighted by Crippen LogP contribution is 2.24. The van der Waals surface area contributed by atoms with E-state index in [0.29, 0.717) is 27.5 Å². The molecule has 1 amide bonds. The standard InChI is InChI=1S/C17H19N3O5S/c1-9-5-6-11(16(22)24-4)7-12(9)19-13(21)8-25-17(23)14-10(2)20-26-15(14)18-3/h5-7,18H,8H2,1-4H3,(H,19,21). The van der Waals surface area contributed by atoms with Crippen LogP contribution in [-0.4, -0.2) is 43.0 Å². The van der Waals surface area contributed by atoms with Crippen LogP contribution < -0.4 is 10.6 Å². The zero-order chi connectivity index (χ0) is 19.3. The predicted molar refractivity (Wildman–Crippen MR) is 97.8 cm³/mol. The van der Waals surface area contributed by atoms with Gasteiger partial charge in [-0.3, -0.25) is 4.79 Å². The molecule has 9 heteroatoms. The van der Waals surface area contributed by atoms with E-state index < -0.39 is 24.5 Å². The van der Waals surface area contributed by atoms with E-state index in [4.69, 9.17) is 4.74 Å². The van der Waals surface area contributed by atoms with Gasteiger partial charge >= 0.3 is 11.9 Å². The summed E-state index contributed by atoms with van der Waals surface area (Å²) in [6, 6.07) is 4.79. The summed E-state index contributed by atoms with van der Waals surface area (Å²) in [7, 11) is 2.95. The van der Waals surface area contributed by atoms with Gasteiger partial charge < -0.3 is 20.1 Å². The third kappa shape index (κ3) is 4.37. The van der Waals surface area contributed by atoms with Crippen molar-refractivity contribution in [3.05, 3.63) is 40.6 Å². The number of nitrogens with one attached hydrogen (secondary N) is 2. The summed E-state index contributed by atoms with van der Waals surface area (Å²) in [6.07, 6.45) is 0. The molecule has 2 N–H and O–H groups in total. The SMILES string of the molecule is CNc1snc(C)c1C(=O)OCC(=O)Nc1cc(C(=O)OC)ccc1C. The molecule has 0 saturated carbocycles. The minimum absolute atomic E-state index is 0.309. The fraction of sp³-hybridized carbons (Fsp3) is 0.294. The fourth-order valence-corrected chi connectivity index (χ4v) is 2.90. The minimum Gasteiger partial charge on any atom is -0.465 e. The molecule has 0 aliphatic heterocycles. The zero-order valence-corrected chi connectivity index (χ0v) is 15.7. The number of amides is 1. The third-order valence-corrected chi connectivity index (χ3v) is 4.52. The van der Waals surface area contributed by atoms with Gasteiger partial charge in [-0.05, 0) is 43.1 Å². The van der Waals surface area contributed by atoms with E-state index in [1.54, 1.807) is 33.0 Å². The number of aryl methyl sites for hydroxylation is 2. The molecule has 138 valence electrons. The highest BCUT2D eigenvalue weighted by atomic mass is 32.1. The fourth-order valence-electron chi connectivity index (χ4n) is 2.17. The smallest absolute Gasteiger partial charge is 0.343 e. The predicted octanol–water partition coefficient (Wildman–Crippen LogP) is 2.38. The first kappa shape index (κ1) is 19.4. The maximum Gasteiger partial charge on any atom is 0.343 e. The molecule has 1 aromatic heterocycles. The Morgan fingerprint density at radius 3 is 2.58 bits per heavy atom. The van der Waals surface area contributed by atoms with Crippen LogP contribution in [0.4, 0.5) is 10.7 Å². The number of aromatic nitrogens is 1. The number of carbonyl (C=O) groups is 3. The number of rotatable bonds is 6. The number of esters is 2. The van der Waals surface area contributed by atoms with Crippen LogP contribution in [0.1, 0.15) is 32.0 Å². The van der Waals surface area contributed by atoms with Gasteiger partial charge in [0, 0.05) is 12.7 Å². The first-order valence-electron chi connectivity index (χ1n) is 7.67. The van der Waals surface area contributed by atoms with Crippen molar-refractivity contribution in [2.45, 2.75) is 13.8 Å². The van der Waals surface area contributed by atoms with Crippen molar-refractivity contribution < 1.29 is 23.9 Å². The summed E-state index contributed by atoms with van der Waals surface area (Å²) < 4.78 is 13.8. The molecular weight excluding hydrogens is 358 g/mol. The Bertz CT molecular complexity index is 847. The van der Waals surface area contributed by atoms with Gasteiger partial charge in [-0.15, -0.1) is 0 Å². The van der Waals surface area contributed by atoms with Crippen molar-refractivity contribution in [3.8, 4) is 0 Å². The molecule has 0 saturated heterocycles. The van der Waals surface area contributed by atoms with E-state index in [1.807, 2.05) is 0 Å². The van der Waals surface area contributed by atoms with E-state index in [9.17, 15) is 14.4 Å². The van der Waals surface area contributed by atoms with Crippen molar-refractivity contribution in [2.75, 3.05) is 31.4 Å². The number of hydrogen-bond donors (Lipinski definition) is 2. The summed E-state index contributed by atoms with van der Waals surface area (Å²) in [5, 5.41) is 6.06. The van der Waals surface area contributed by atoms with Crippen molar-refractivity contribution in [1.82, 2.24) is 4.37 Å². The number of ether oxygens (including phenoxy) is 2. The van der Waals surface area contributed by atoms with E-state index in [1.165, 1.54) is 13.2 Å². The average molecular weight is 377 g/mol. The van der Waals surface area contributed by atoms with Crippen LogP contribution in [0.2, 0.25) is 0 Å². The second-order valence-electron chi connectivity index (χ2n) is 5.37. The topological polar surface area (TPSA) is 107 Å². The van der Waals surface area contributed by atoms with E-state index in [0.717, 1.165) is 17.1 Å². The van der Waals surface area contributed by atoms with Gasteiger partial charge in [-0.2, -0.15) is 4.37 Å². The van der Waals surface area contributed by atoms with Gasteiger partial charge in [-0.25, -0.2) is 9.59 Å². The number of hydrogen-bond acceptors (Lipinski definition) is 8. The van der Waals surface area contributed by atoms with Gasteiger partial charge in [0.1, 0.15) is 10.6 Å². The maximum atomic E-state index is 12.2. The molecule has 2 aromatic rings. The molecular formula is C17H19N3O5S. The molecule has 0 unspecified atom stereocenters. The number of benzene rings is 1. The number of carbonyl (C=O) groups excluding carboxylic acids is 3. The minimum atomic E-state index is -0.629. The zero-order valence-electron chi connectivity index (χ0n) is 14.8. The first-order chi connectivity index (χ1) is 12.4. The molecule has 0 atom stereocenters. The monoisotopic (exact) mass is 377 g/mol. The van der Waals surface area contributed by atoms with Crippen LogP contribution in [-0.2, 0) is 14.3 Å². The Balaban J connectivity index is 2.02. The van der Waals surface area contributed by atoms with Gasteiger partial charge in [-0.1, -0.05) is 6.07 Å². The molecule has 0 radical (unpaired) electrons. The summed E-state index contributed by atoms with van der Waals surface area (Å²) >= 11 is 1.14. The van der Waals surface area contributed by atoms with Gasteiger partial charge in [0.05, 0.1) is 18.4 Å². The van der Waals surface area contributed by atoms with Gasteiger partial charge in [0.2, 0.25) is 0 Å². The highest BCUT2D eigenvalue weighted by molar-refractivity contribution is 7.10. The Kier molecular flexibility index (Phi) is 6.29. The van der Waals surface area contributed by atoms with Crippen LogP contribution in [0.5, 0.6) is 0 Å².